The summed E-state index contributed by atoms with van der Waals surface area (Å²) in [5, 5.41) is 0. The number of ether oxygens (including phenoxy) is 1. The van der Waals surface area contributed by atoms with Gasteiger partial charge in [0.25, 0.3) is 0 Å². The summed E-state index contributed by atoms with van der Waals surface area (Å²) in [5.74, 6) is 1.53. The Kier molecular flexibility index (Phi) is 5.67. The van der Waals surface area contributed by atoms with Gasteiger partial charge in [0, 0.05) is 57.1 Å². The summed E-state index contributed by atoms with van der Waals surface area (Å²) in [6.07, 6.45) is 2.55. The Morgan fingerprint density at radius 1 is 1.00 bits per heavy atom. The maximum Gasteiger partial charge on any atom is 0.124 e. The van der Waals surface area contributed by atoms with Gasteiger partial charge in [-0.1, -0.05) is 19.9 Å². The first kappa shape index (κ1) is 17.6. The fourth-order valence-corrected chi connectivity index (χ4v) is 4.05. The van der Waals surface area contributed by atoms with Crippen LogP contribution in [0, 0.1) is 0 Å². The van der Waals surface area contributed by atoms with Crippen molar-refractivity contribution in [3.63, 3.8) is 0 Å². The van der Waals surface area contributed by atoms with Crippen LogP contribution < -0.4 is 9.64 Å². The zero-order chi connectivity index (χ0) is 17.1. The maximum atomic E-state index is 5.62. The van der Waals surface area contributed by atoms with Crippen molar-refractivity contribution in [2.75, 3.05) is 58.3 Å². The van der Waals surface area contributed by atoms with E-state index in [1.54, 1.807) is 7.11 Å². The van der Waals surface area contributed by atoms with E-state index in [2.05, 4.69) is 53.8 Å². The molecule has 3 rings (SSSR count). The molecule has 134 valence electrons. The molecule has 0 N–H and O–H groups in total. The van der Waals surface area contributed by atoms with Gasteiger partial charge in [-0.05, 0) is 37.4 Å². The van der Waals surface area contributed by atoms with Crippen molar-refractivity contribution in [2.45, 2.75) is 38.6 Å². The van der Waals surface area contributed by atoms with Gasteiger partial charge in [-0.3, -0.25) is 4.90 Å². The van der Waals surface area contributed by atoms with Gasteiger partial charge in [0.2, 0.25) is 0 Å². The lowest BCUT2D eigenvalue weighted by atomic mass is 9.99. The quantitative estimate of drug-likeness (QED) is 0.844. The minimum absolute atomic E-state index is 0.497. The number of nitrogens with zero attached hydrogens (tertiary/aromatic N) is 3. The Bertz CT molecular complexity index is 530. The molecule has 1 aromatic rings. The molecule has 2 aliphatic rings. The summed E-state index contributed by atoms with van der Waals surface area (Å²) in [6, 6.07) is 7.51. The lowest BCUT2D eigenvalue weighted by Crippen LogP contribution is -2.52. The van der Waals surface area contributed by atoms with Crippen LogP contribution >= 0.6 is 0 Å². The van der Waals surface area contributed by atoms with Crippen LogP contribution in [0.2, 0.25) is 0 Å². The lowest BCUT2D eigenvalue weighted by Gasteiger charge is -2.42. The molecule has 2 heterocycles. The molecule has 0 aromatic heterocycles. The second kappa shape index (κ2) is 7.75. The van der Waals surface area contributed by atoms with E-state index in [1.807, 2.05) is 0 Å². The number of likely N-dealkylation sites (N-methyl/N-ethyl adjacent to an activating group) is 1. The Morgan fingerprint density at radius 3 is 2.25 bits per heavy atom. The SMILES string of the molecule is COc1cc(N2CCC(N3CCN(C)CC3)CC2)ccc1C(C)C. The molecule has 4 nitrogen and oxygen atoms in total. The third-order valence-corrected chi connectivity index (χ3v) is 5.72. The first-order chi connectivity index (χ1) is 11.6. The van der Waals surface area contributed by atoms with Crippen molar-refractivity contribution in [1.82, 2.24) is 9.80 Å². The predicted octanol–water partition coefficient (Wildman–Crippen LogP) is 3.03. The van der Waals surface area contributed by atoms with Crippen LogP contribution in [0.15, 0.2) is 18.2 Å². The van der Waals surface area contributed by atoms with Crippen molar-refractivity contribution in [3.05, 3.63) is 23.8 Å². The van der Waals surface area contributed by atoms with Crippen LogP contribution in [0.25, 0.3) is 0 Å². The minimum Gasteiger partial charge on any atom is -0.496 e. The second-order valence-corrected chi connectivity index (χ2v) is 7.64. The van der Waals surface area contributed by atoms with Gasteiger partial charge >= 0.3 is 0 Å². The summed E-state index contributed by atoms with van der Waals surface area (Å²) in [5.41, 5.74) is 2.61. The molecule has 0 aliphatic carbocycles. The van der Waals surface area contributed by atoms with E-state index in [4.69, 9.17) is 4.74 Å². The summed E-state index contributed by atoms with van der Waals surface area (Å²) in [4.78, 5) is 7.67. The summed E-state index contributed by atoms with van der Waals surface area (Å²) in [6.45, 7) is 11.7. The van der Waals surface area contributed by atoms with Crippen LogP contribution in [0.3, 0.4) is 0 Å². The first-order valence-electron chi connectivity index (χ1n) is 9.44. The fraction of sp³-hybridized carbons (Fsp3) is 0.700. The highest BCUT2D eigenvalue weighted by molar-refractivity contribution is 5.54. The molecule has 4 heteroatoms. The number of piperazine rings is 1. The molecule has 0 amide bonds. The van der Waals surface area contributed by atoms with E-state index >= 15 is 0 Å². The van der Waals surface area contributed by atoms with E-state index in [-0.39, 0.29) is 0 Å². The molecule has 0 bridgehead atoms. The van der Waals surface area contributed by atoms with Crippen LogP contribution in [0.5, 0.6) is 5.75 Å². The van der Waals surface area contributed by atoms with E-state index in [0.29, 0.717) is 5.92 Å². The number of rotatable bonds is 4. The average molecular weight is 332 g/mol. The van der Waals surface area contributed by atoms with Gasteiger partial charge in [0.05, 0.1) is 7.11 Å². The number of hydrogen-bond donors (Lipinski definition) is 0. The highest BCUT2D eigenvalue weighted by atomic mass is 16.5. The van der Waals surface area contributed by atoms with Crippen molar-refractivity contribution >= 4 is 5.69 Å². The van der Waals surface area contributed by atoms with Crippen molar-refractivity contribution in [3.8, 4) is 5.75 Å². The first-order valence-corrected chi connectivity index (χ1v) is 9.44. The maximum absolute atomic E-state index is 5.62. The molecule has 24 heavy (non-hydrogen) atoms. The molecule has 2 fully saturated rings. The zero-order valence-corrected chi connectivity index (χ0v) is 15.8. The van der Waals surface area contributed by atoms with Crippen molar-refractivity contribution < 1.29 is 4.74 Å². The van der Waals surface area contributed by atoms with Gasteiger partial charge < -0.3 is 14.5 Å². The monoisotopic (exact) mass is 331 g/mol. The molecule has 1 aromatic carbocycles. The highest BCUT2D eigenvalue weighted by Crippen LogP contribution is 2.32. The van der Waals surface area contributed by atoms with Crippen LogP contribution in [0.4, 0.5) is 5.69 Å². The summed E-state index contributed by atoms with van der Waals surface area (Å²) >= 11 is 0. The van der Waals surface area contributed by atoms with Crippen molar-refractivity contribution in [1.29, 1.82) is 0 Å². The van der Waals surface area contributed by atoms with Crippen LogP contribution in [-0.2, 0) is 0 Å². The molecule has 0 atom stereocenters. The zero-order valence-electron chi connectivity index (χ0n) is 15.8. The number of piperidine rings is 1. The van der Waals surface area contributed by atoms with Crippen LogP contribution in [0.1, 0.15) is 38.2 Å². The Labute approximate surface area is 147 Å². The highest BCUT2D eigenvalue weighted by Gasteiger charge is 2.27. The normalized spacial score (nSPS) is 21.5. The topological polar surface area (TPSA) is 19.0 Å². The average Bonchev–Trinajstić information content (AvgIpc) is 2.62. The predicted molar refractivity (Wildman–Crippen MR) is 101 cm³/mol. The van der Waals surface area contributed by atoms with Crippen LogP contribution in [-0.4, -0.2) is 69.3 Å². The van der Waals surface area contributed by atoms with E-state index < -0.39 is 0 Å². The fourth-order valence-electron chi connectivity index (χ4n) is 4.05. The summed E-state index contributed by atoms with van der Waals surface area (Å²) in [7, 11) is 4.01. The lowest BCUT2D eigenvalue weighted by molar-refractivity contribution is 0.0982. The van der Waals surface area contributed by atoms with Gasteiger partial charge in [0.15, 0.2) is 0 Å². The Balaban J connectivity index is 1.60. The van der Waals surface area contributed by atoms with Gasteiger partial charge in [-0.25, -0.2) is 0 Å². The minimum atomic E-state index is 0.497. The summed E-state index contributed by atoms with van der Waals surface area (Å²) < 4.78 is 5.62. The molecule has 0 unspecified atom stereocenters. The second-order valence-electron chi connectivity index (χ2n) is 7.64. The van der Waals surface area contributed by atoms with Gasteiger partial charge in [0.1, 0.15) is 5.75 Å². The molecule has 2 saturated heterocycles. The molecule has 2 aliphatic heterocycles. The van der Waals surface area contributed by atoms with E-state index in [1.165, 1.54) is 50.3 Å². The third kappa shape index (κ3) is 3.86. The smallest absolute Gasteiger partial charge is 0.124 e. The number of methoxy groups -OCH3 is 1. The molecule has 0 spiro atoms. The van der Waals surface area contributed by atoms with Crippen molar-refractivity contribution in [2.24, 2.45) is 0 Å². The molecular weight excluding hydrogens is 298 g/mol. The van der Waals surface area contributed by atoms with E-state index in [9.17, 15) is 0 Å². The molecule has 0 radical (unpaired) electrons. The Hall–Kier alpha value is -1.26. The number of anilines is 1. The largest absolute Gasteiger partial charge is 0.496 e. The third-order valence-electron chi connectivity index (χ3n) is 5.72. The standard InChI is InChI=1S/C20H33N3O/c1-16(2)19-6-5-18(15-20(19)24-4)22-9-7-17(8-10-22)23-13-11-21(3)12-14-23/h5-6,15-17H,7-14H2,1-4H3. The van der Waals surface area contributed by atoms with E-state index in [0.717, 1.165) is 24.9 Å². The van der Waals surface area contributed by atoms with Gasteiger partial charge in [-0.15, -0.1) is 0 Å². The number of benzene rings is 1. The van der Waals surface area contributed by atoms with Gasteiger partial charge in [-0.2, -0.15) is 0 Å². The molecule has 0 saturated carbocycles. The molecular formula is C20H33N3O. The number of hydrogen-bond acceptors (Lipinski definition) is 4. The Morgan fingerprint density at radius 2 is 1.67 bits per heavy atom.